The molecule has 0 aliphatic rings. The molecule has 6 nitrogen and oxygen atoms in total. The van der Waals surface area contributed by atoms with Gasteiger partial charge in [-0.3, -0.25) is 9.36 Å². The van der Waals surface area contributed by atoms with Gasteiger partial charge in [-0.2, -0.15) is 10.2 Å². The van der Waals surface area contributed by atoms with Gasteiger partial charge < -0.3 is 10.6 Å². The highest BCUT2D eigenvalue weighted by atomic mass is 32.1. The SMILES string of the molecule is Cc1cc(C)n(CCCNC(=S)NC(C)c2cn(C)nc2C)n1. The molecule has 2 rings (SSSR count). The zero-order chi connectivity index (χ0) is 17.0. The van der Waals surface area contributed by atoms with Crippen molar-refractivity contribution in [2.24, 2.45) is 7.05 Å². The van der Waals surface area contributed by atoms with Gasteiger partial charge >= 0.3 is 0 Å². The van der Waals surface area contributed by atoms with Gasteiger partial charge in [0.1, 0.15) is 0 Å². The molecule has 126 valence electrons. The minimum Gasteiger partial charge on any atom is -0.363 e. The molecule has 0 bridgehead atoms. The molecule has 0 amide bonds. The molecule has 7 heteroatoms. The van der Waals surface area contributed by atoms with E-state index in [9.17, 15) is 0 Å². The molecule has 0 fully saturated rings. The number of hydrogen-bond donors (Lipinski definition) is 2. The fourth-order valence-corrected chi connectivity index (χ4v) is 2.98. The first-order valence-corrected chi connectivity index (χ1v) is 8.33. The second kappa shape index (κ2) is 7.59. The molecule has 0 aliphatic carbocycles. The van der Waals surface area contributed by atoms with E-state index < -0.39 is 0 Å². The van der Waals surface area contributed by atoms with Crippen molar-refractivity contribution in [3.05, 3.63) is 34.9 Å². The molecule has 2 heterocycles. The predicted molar refractivity (Wildman–Crippen MR) is 96.4 cm³/mol. The topological polar surface area (TPSA) is 59.7 Å². The van der Waals surface area contributed by atoms with Gasteiger partial charge in [-0.05, 0) is 52.4 Å². The first-order valence-electron chi connectivity index (χ1n) is 7.92. The van der Waals surface area contributed by atoms with Crippen molar-refractivity contribution in [1.82, 2.24) is 30.2 Å². The van der Waals surface area contributed by atoms with Gasteiger partial charge in [0.15, 0.2) is 5.11 Å². The van der Waals surface area contributed by atoms with Gasteiger partial charge in [0.25, 0.3) is 0 Å². The van der Waals surface area contributed by atoms with E-state index in [0.29, 0.717) is 5.11 Å². The van der Waals surface area contributed by atoms with E-state index >= 15 is 0 Å². The lowest BCUT2D eigenvalue weighted by molar-refractivity contribution is 0.554. The summed E-state index contributed by atoms with van der Waals surface area (Å²) in [6.07, 6.45) is 3.00. The zero-order valence-electron chi connectivity index (χ0n) is 14.6. The Hall–Kier alpha value is -1.89. The van der Waals surface area contributed by atoms with Gasteiger partial charge in [0.2, 0.25) is 0 Å². The molecule has 0 aromatic carbocycles. The quantitative estimate of drug-likeness (QED) is 0.626. The van der Waals surface area contributed by atoms with Crippen LogP contribution in [0.15, 0.2) is 12.3 Å². The van der Waals surface area contributed by atoms with Crippen LogP contribution >= 0.6 is 12.2 Å². The fraction of sp³-hybridized carbons (Fsp3) is 0.562. The van der Waals surface area contributed by atoms with Crippen LogP contribution in [-0.4, -0.2) is 31.2 Å². The number of thiocarbonyl (C=S) groups is 1. The summed E-state index contributed by atoms with van der Waals surface area (Å²) >= 11 is 5.37. The monoisotopic (exact) mass is 334 g/mol. The van der Waals surface area contributed by atoms with Crippen LogP contribution in [0.1, 0.15) is 42.0 Å². The van der Waals surface area contributed by atoms with E-state index in [4.69, 9.17) is 12.2 Å². The lowest BCUT2D eigenvalue weighted by Crippen LogP contribution is -2.37. The minimum atomic E-state index is 0.139. The summed E-state index contributed by atoms with van der Waals surface area (Å²) in [5.41, 5.74) is 4.45. The minimum absolute atomic E-state index is 0.139. The average molecular weight is 334 g/mol. The van der Waals surface area contributed by atoms with Gasteiger partial charge in [-0.15, -0.1) is 0 Å². The number of nitrogens with one attached hydrogen (secondary N) is 2. The Labute approximate surface area is 143 Å². The molecular formula is C16H26N6S. The Morgan fingerprint density at radius 3 is 2.61 bits per heavy atom. The van der Waals surface area contributed by atoms with Crippen molar-refractivity contribution >= 4 is 17.3 Å². The van der Waals surface area contributed by atoms with Crippen molar-refractivity contribution in [2.45, 2.75) is 46.7 Å². The maximum absolute atomic E-state index is 5.37. The Bertz CT molecular complexity index is 672. The van der Waals surface area contributed by atoms with E-state index in [0.717, 1.165) is 30.9 Å². The Kier molecular flexibility index (Phi) is 5.76. The van der Waals surface area contributed by atoms with Crippen LogP contribution in [-0.2, 0) is 13.6 Å². The Morgan fingerprint density at radius 2 is 2.04 bits per heavy atom. The van der Waals surface area contributed by atoms with Gasteiger partial charge in [-0.1, -0.05) is 0 Å². The summed E-state index contributed by atoms with van der Waals surface area (Å²) in [6, 6.07) is 2.23. The second-order valence-electron chi connectivity index (χ2n) is 5.97. The number of aromatic nitrogens is 4. The third-order valence-electron chi connectivity index (χ3n) is 3.80. The molecule has 0 radical (unpaired) electrons. The molecule has 0 aliphatic heterocycles. The standard InChI is InChI=1S/C16H26N6S/c1-11-9-12(2)22(19-11)8-6-7-17-16(23)18-13(3)15-10-21(5)20-14(15)4/h9-10,13H,6-8H2,1-5H3,(H2,17,18,23). The van der Waals surface area contributed by atoms with Crippen LogP contribution < -0.4 is 10.6 Å². The number of aryl methyl sites for hydroxylation is 5. The normalized spacial score (nSPS) is 12.2. The molecular weight excluding hydrogens is 308 g/mol. The van der Waals surface area contributed by atoms with E-state index in [1.165, 1.54) is 11.3 Å². The van der Waals surface area contributed by atoms with E-state index in [1.54, 1.807) is 0 Å². The van der Waals surface area contributed by atoms with Crippen molar-refractivity contribution in [3.8, 4) is 0 Å². The number of hydrogen-bond acceptors (Lipinski definition) is 3. The molecule has 2 aromatic heterocycles. The average Bonchev–Trinajstić information content (AvgIpc) is 2.96. The van der Waals surface area contributed by atoms with Crippen LogP contribution in [0, 0.1) is 20.8 Å². The van der Waals surface area contributed by atoms with Crippen molar-refractivity contribution in [1.29, 1.82) is 0 Å². The van der Waals surface area contributed by atoms with Gasteiger partial charge in [0, 0.05) is 37.6 Å². The predicted octanol–water partition coefficient (Wildman–Crippen LogP) is 2.16. The van der Waals surface area contributed by atoms with Gasteiger partial charge in [-0.25, -0.2) is 0 Å². The summed E-state index contributed by atoms with van der Waals surface area (Å²) in [5.74, 6) is 0. The first kappa shape index (κ1) is 17.5. The molecule has 1 unspecified atom stereocenters. The molecule has 2 aromatic rings. The highest BCUT2D eigenvalue weighted by Gasteiger charge is 2.12. The first-order chi connectivity index (χ1) is 10.9. The lowest BCUT2D eigenvalue weighted by Gasteiger charge is -2.16. The summed E-state index contributed by atoms with van der Waals surface area (Å²) in [4.78, 5) is 0. The number of rotatable bonds is 6. The van der Waals surface area contributed by atoms with Crippen molar-refractivity contribution in [2.75, 3.05) is 6.54 Å². The highest BCUT2D eigenvalue weighted by molar-refractivity contribution is 7.80. The summed E-state index contributed by atoms with van der Waals surface area (Å²) < 4.78 is 3.86. The second-order valence-corrected chi connectivity index (χ2v) is 6.38. The van der Waals surface area contributed by atoms with E-state index in [-0.39, 0.29) is 6.04 Å². The van der Waals surface area contributed by atoms with Crippen LogP contribution in [0.25, 0.3) is 0 Å². The van der Waals surface area contributed by atoms with Crippen molar-refractivity contribution in [3.63, 3.8) is 0 Å². The summed E-state index contributed by atoms with van der Waals surface area (Å²) in [5, 5.41) is 16.1. The zero-order valence-corrected chi connectivity index (χ0v) is 15.4. The van der Waals surface area contributed by atoms with E-state index in [1.807, 2.05) is 36.5 Å². The van der Waals surface area contributed by atoms with Crippen LogP contribution in [0.5, 0.6) is 0 Å². The van der Waals surface area contributed by atoms with E-state index in [2.05, 4.69) is 40.7 Å². The largest absolute Gasteiger partial charge is 0.363 e. The van der Waals surface area contributed by atoms with Crippen molar-refractivity contribution < 1.29 is 0 Å². The number of nitrogens with zero attached hydrogens (tertiary/aromatic N) is 4. The molecule has 23 heavy (non-hydrogen) atoms. The smallest absolute Gasteiger partial charge is 0.166 e. The molecule has 0 saturated carbocycles. The molecule has 2 N–H and O–H groups in total. The van der Waals surface area contributed by atoms with Crippen LogP contribution in [0.4, 0.5) is 0 Å². The molecule has 0 saturated heterocycles. The lowest BCUT2D eigenvalue weighted by atomic mass is 10.1. The van der Waals surface area contributed by atoms with Gasteiger partial charge in [0.05, 0.1) is 17.4 Å². The maximum atomic E-state index is 5.37. The van der Waals surface area contributed by atoms with Crippen LogP contribution in [0.2, 0.25) is 0 Å². The molecule has 1 atom stereocenters. The van der Waals surface area contributed by atoms with Crippen LogP contribution in [0.3, 0.4) is 0 Å². The molecule has 0 spiro atoms. The maximum Gasteiger partial charge on any atom is 0.166 e. The third kappa shape index (κ3) is 4.79. The highest BCUT2D eigenvalue weighted by Crippen LogP contribution is 2.15. The Morgan fingerprint density at radius 1 is 1.30 bits per heavy atom. The third-order valence-corrected chi connectivity index (χ3v) is 4.06. The Balaban J connectivity index is 1.73. The summed E-state index contributed by atoms with van der Waals surface area (Å²) in [7, 11) is 1.93. The summed E-state index contributed by atoms with van der Waals surface area (Å²) in [6.45, 7) is 9.92. The fourth-order valence-electron chi connectivity index (χ4n) is 2.70.